The average Bonchev–Trinajstić information content (AvgIpc) is 2.96. The summed E-state index contributed by atoms with van der Waals surface area (Å²) in [6.07, 6.45) is 4.51. The summed E-state index contributed by atoms with van der Waals surface area (Å²) in [5.74, 6) is -0.0791. The van der Waals surface area contributed by atoms with Gasteiger partial charge in [-0.25, -0.2) is 0 Å². The van der Waals surface area contributed by atoms with E-state index in [1.54, 1.807) is 0 Å². The first-order valence-electron chi connectivity index (χ1n) is 9.02. The Morgan fingerprint density at radius 3 is 2.20 bits per heavy atom. The molecule has 0 aromatic heterocycles. The van der Waals surface area contributed by atoms with Gasteiger partial charge >= 0.3 is 0 Å². The number of carbonyl (C=O) groups is 2. The molecule has 0 unspecified atom stereocenters. The van der Waals surface area contributed by atoms with Gasteiger partial charge in [-0.3, -0.25) is 9.59 Å². The Labute approximate surface area is 150 Å². The number of amides is 2. The Bertz CT molecular complexity index is 596. The minimum absolute atomic E-state index is 0.00249. The van der Waals surface area contributed by atoms with Crippen molar-refractivity contribution in [2.45, 2.75) is 64.8 Å². The summed E-state index contributed by atoms with van der Waals surface area (Å²) in [6.45, 7) is 6.07. The van der Waals surface area contributed by atoms with E-state index in [1.165, 1.54) is 0 Å². The minimum atomic E-state index is -0.433. The molecule has 1 saturated carbocycles. The maximum Gasteiger partial charge on any atom is 0.224 e. The van der Waals surface area contributed by atoms with Crippen molar-refractivity contribution in [3.05, 3.63) is 29.8 Å². The number of anilines is 1. The largest absolute Gasteiger partial charge is 0.394 e. The molecule has 0 radical (unpaired) electrons. The summed E-state index contributed by atoms with van der Waals surface area (Å²) in [5, 5.41) is 15.5. The summed E-state index contributed by atoms with van der Waals surface area (Å²) in [5.41, 5.74) is 1.14. The van der Waals surface area contributed by atoms with Gasteiger partial charge in [0.2, 0.25) is 11.8 Å². The zero-order valence-corrected chi connectivity index (χ0v) is 15.5. The summed E-state index contributed by atoms with van der Waals surface area (Å²) < 4.78 is 0. The normalized spacial score (nSPS) is 16.5. The first-order chi connectivity index (χ1) is 11.7. The fourth-order valence-electron chi connectivity index (χ4n) is 3.29. The van der Waals surface area contributed by atoms with Gasteiger partial charge in [-0.1, -0.05) is 45.7 Å². The van der Waals surface area contributed by atoms with Gasteiger partial charge in [0, 0.05) is 12.1 Å². The van der Waals surface area contributed by atoms with Crippen LogP contribution in [0.15, 0.2) is 24.3 Å². The van der Waals surface area contributed by atoms with Gasteiger partial charge in [0.25, 0.3) is 0 Å². The van der Waals surface area contributed by atoms with Crippen LogP contribution in [0.1, 0.15) is 58.4 Å². The van der Waals surface area contributed by atoms with E-state index < -0.39 is 5.54 Å². The quantitative estimate of drug-likeness (QED) is 0.741. The SMILES string of the molecule is CC(C)(C)CC(=O)Nc1ccc(CC(=O)NC2(CO)CCCC2)cc1. The van der Waals surface area contributed by atoms with E-state index in [4.69, 9.17) is 0 Å². The van der Waals surface area contributed by atoms with Gasteiger partial charge in [-0.2, -0.15) is 0 Å². The van der Waals surface area contributed by atoms with Gasteiger partial charge in [-0.15, -0.1) is 0 Å². The van der Waals surface area contributed by atoms with Crippen LogP contribution in [0.4, 0.5) is 5.69 Å². The van der Waals surface area contributed by atoms with Crippen molar-refractivity contribution in [2.24, 2.45) is 5.41 Å². The molecule has 25 heavy (non-hydrogen) atoms. The number of aliphatic hydroxyl groups excluding tert-OH is 1. The fourth-order valence-corrected chi connectivity index (χ4v) is 3.29. The maximum absolute atomic E-state index is 12.3. The predicted molar refractivity (Wildman–Crippen MR) is 99.3 cm³/mol. The lowest BCUT2D eigenvalue weighted by atomic mass is 9.92. The second-order valence-corrected chi connectivity index (χ2v) is 8.35. The van der Waals surface area contributed by atoms with Crippen LogP contribution in [-0.4, -0.2) is 29.1 Å². The molecule has 0 aliphatic heterocycles. The highest BCUT2D eigenvalue weighted by Crippen LogP contribution is 2.29. The predicted octanol–water partition coefficient (Wildman–Crippen LogP) is 3.03. The Morgan fingerprint density at radius 2 is 1.68 bits per heavy atom. The number of hydrogen-bond donors (Lipinski definition) is 3. The van der Waals surface area contributed by atoms with Crippen molar-refractivity contribution in [3.8, 4) is 0 Å². The topological polar surface area (TPSA) is 78.4 Å². The Balaban J connectivity index is 1.87. The second-order valence-electron chi connectivity index (χ2n) is 8.35. The smallest absolute Gasteiger partial charge is 0.224 e. The van der Waals surface area contributed by atoms with Crippen LogP contribution >= 0.6 is 0 Å². The van der Waals surface area contributed by atoms with Crippen LogP contribution in [-0.2, 0) is 16.0 Å². The molecule has 1 aliphatic rings. The summed E-state index contributed by atoms with van der Waals surface area (Å²) in [4.78, 5) is 24.2. The zero-order valence-electron chi connectivity index (χ0n) is 15.5. The monoisotopic (exact) mass is 346 g/mol. The van der Waals surface area contributed by atoms with Crippen molar-refractivity contribution >= 4 is 17.5 Å². The molecule has 5 nitrogen and oxygen atoms in total. The number of carbonyl (C=O) groups excluding carboxylic acids is 2. The molecule has 3 N–H and O–H groups in total. The lowest BCUT2D eigenvalue weighted by Gasteiger charge is -2.28. The summed E-state index contributed by atoms with van der Waals surface area (Å²) in [6, 6.07) is 7.35. The van der Waals surface area contributed by atoms with Gasteiger partial charge in [-0.05, 0) is 36.0 Å². The van der Waals surface area contributed by atoms with Crippen molar-refractivity contribution in [2.75, 3.05) is 11.9 Å². The van der Waals surface area contributed by atoms with E-state index in [0.717, 1.165) is 36.9 Å². The number of rotatable bonds is 6. The first-order valence-corrected chi connectivity index (χ1v) is 9.02. The number of benzene rings is 1. The third-order valence-electron chi connectivity index (χ3n) is 4.56. The standard InChI is InChI=1S/C20H30N2O3/c1-19(2,3)13-18(25)21-16-8-6-15(7-9-16)12-17(24)22-20(14-23)10-4-5-11-20/h6-9,23H,4-5,10-14H2,1-3H3,(H,21,25)(H,22,24). The number of aliphatic hydroxyl groups is 1. The molecule has 0 saturated heterocycles. The van der Waals surface area contributed by atoms with E-state index in [0.29, 0.717) is 6.42 Å². The molecule has 0 heterocycles. The van der Waals surface area contributed by atoms with E-state index in [2.05, 4.69) is 10.6 Å². The molecule has 5 heteroatoms. The van der Waals surface area contributed by atoms with E-state index in [-0.39, 0.29) is 30.3 Å². The van der Waals surface area contributed by atoms with Crippen molar-refractivity contribution in [3.63, 3.8) is 0 Å². The molecule has 138 valence electrons. The van der Waals surface area contributed by atoms with E-state index >= 15 is 0 Å². The highest BCUT2D eigenvalue weighted by atomic mass is 16.3. The van der Waals surface area contributed by atoms with Crippen LogP contribution in [0.2, 0.25) is 0 Å². The Morgan fingerprint density at radius 1 is 1.08 bits per heavy atom. The molecule has 0 bridgehead atoms. The van der Waals surface area contributed by atoms with Crippen molar-refractivity contribution in [1.29, 1.82) is 0 Å². The molecule has 0 spiro atoms. The van der Waals surface area contributed by atoms with E-state index in [1.807, 2.05) is 45.0 Å². The van der Waals surface area contributed by atoms with Crippen LogP contribution in [0, 0.1) is 5.41 Å². The van der Waals surface area contributed by atoms with Crippen LogP contribution in [0.3, 0.4) is 0 Å². The van der Waals surface area contributed by atoms with Gasteiger partial charge in [0.05, 0.1) is 18.6 Å². The first kappa shape index (κ1) is 19.4. The van der Waals surface area contributed by atoms with Gasteiger partial charge in [0.15, 0.2) is 0 Å². The zero-order chi connectivity index (χ0) is 18.5. The maximum atomic E-state index is 12.3. The summed E-state index contributed by atoms with van der Waals surface area (Å²) >= 11 is 0. The third kappa shape index (κ3) is 6.16. The highest BCUT2D eigenvalue weighted by Gasteiger charge is 2.34. The molecule has 1 aromatic carbocycles. The Kier molecular flexibility index (Phi) is 6.22. The minimum Gasteiger partial charge on any atom is -0.394 e. The second kappa shape index (κ2) is 8.00. The molecule has 1 aromatic rings. The van der Waals surface area contributed by atoms with Crippen LogP contribution in [0.5, 0.6) is 0 Å². The van der Waals surface area contributed by atoms with Gasteiger partial charge in [0.1, 0.15) is 0 Å². The lowest BCUT2D eigenvalue weighted by molar-refractivity contribution is -0.123. The third-order valence-corrected chi connectivity index (χ3v) is 4.56. The molecule has 2 amide bonds. The average molecular weight is 346 g/mol. The molecule has 0 atom stereocenters. The highest BCUT2D eigenvalue weighted by molar-refractivity contribution is 5.91. The number of hydrogen-bond acceptors (Lipinski definition) is 3. The molecular formula is C20H30N2O3. The van der Waals surface area contributed by atoms with E-state index in [9.17, 15) is 14.7 Å². The van der Waals surface area contributed by atoms with Crippen molar-refractivity contribution < 1.29 is 14.7 Å². The molecule has 1 fully saturated rings. The molecule has 2 rings (SSSR count). The number of nitrogens with one attached hydrogen (secondary N) is 2. The fraction of sp³-hybridized carbons (Fsp3) is 0.600. The molecular weight excluding hydrogens is 316 g/mol. The molecule has 1 aliphatic carbocycles. The van der Waals surface area contributed by atoms with Crippen LogP contribution in [0.25, 0.3) is 0 Å². The summed E-state index contributed by atoms with van der Waals surface area (Å²) in [7, 11) is 0. The Hall–Kier alpha value is -1.88. The lowest BCUT2D eigenvalue weighted by Crippen LogP contribution is -2.49. The van der Waals surface area contributed by atoms with Crippen molar-refractivity contribution in [1.82, 2.24) is 5.32 Å². The van der Waals surface area contributed by atoms with Crippen LogP contribution < -0.4 is 10.6 Å². The van der Waals surface area contributed by atoms with Gasteiger partial charge < -0.3 is 15.7 Å².